The molecule has 1 fully saturated rings. The largest absolute Gasteiger partial charge is 0.329 e. The molecule has 0 aromatic carbocycles. The lowest BCUT2D eigenvalue weighted by atomic mass is 10.0. The van der Waals surface area contributed by atoms with Crippen LogP contribution in [0.15, 0.2) is 12.1 Å². The van der Waals surface area contributed by atoms with Gasteiger partial charge in [0.05, 0.1) is 10.4 Å². The van der Waals surface area contributed by atoms with Crippen molar-refractivity contribution in [3.05, 3.63) is 21.3 Å². The summed E-state index contributed by atoms with van der Waals surface area (Å²) in [5.41, 5.74) is 5.96. The summed E-state index contributed by atoms with van der Waals surface area (Å²) in [6, 6.07) is 4.95. The van der Waals surface area contributed by atoms with Crippen LogP contribution < -0.4 is 5.73 Å². The summed E-state index contributed by atoms with van der Waals surface area (Å²) in [4.78, 5) is 6.11. The lowest BCUT2D eigenvalue weighted by molar-refractivity contribution is 0.102. The fraction of sp³-hybridized carbons (Fsp3) is 0.692. The molecule has 1 saturated heterocycles. The van der Waals surface area contributed by atoms with E-state index in [1.54, 1.807) is 11.3 Å². The van der Waals surface area contributed by atoms with Crippen molar-refractivity contribution in [3.8, 4) is 0 Å². The molecule has 1 aromatic heterocycles. The topological polar surface area (TPSA) is 32.5 Å². The second-order valence-corrected chi connectivity index (χ2v) is 6.86. The van der Waals surface area contributed by atoms with Gasteiger partial charge >= 0.3 is 0 Å². The number of hydrogen-bond donors (Lipinski definition) is 1. The van der Waals surface area contributed by atoms with Crippen LogP contribution in [0.25, 0.3) is 0 Å². The van der Waals surface area contributed by atoms with E-state index in [1.807, 2.05) is 6.07 Å². The number of hydrogen-bond acceptors (Lipinski definition) is 4. The van der Waals surface area contributed by atoms with Crippen LogP contribution in [0.5, 0.6) is 0 Å². The first kappa shape index (κ1) is 14.3. The van der Waals surface area contributed by atoms with Crippen molar-refractivity contribution in [3.63, 3.8) is 0 Å². The molecule has 2 unspecified atom stereocenters. The SMILES string of the molecule is CN1CCCC(N(C)C(CN)c2ccc(Cl)s2)C1. The molecule has 3 nitrogen and oxygen atoms in total. The van der Waals surface area contributed by atoms with Crippen LogP contribution in [0.2, 0.25) is 4.34 Å². The molecule has 5 heteroatoms. The molecule has 0 saturated carbocycles. The van der Waals surface area contributed by atoms with Gasteiger partial charge in [-0.2, -0.15) is 0 Å². The zero-order valence-corrected chi connectivity index (χ0v) is 12.7. The minimum Gasteiger partial charge on any atom is -0.329 e. The van der Waals surface area contributed by atoms with E-state index in [0.717, 1.165) is 10.9 Å². The Kier molecular flexibility index (Phi) is 5.04. The van der Waals surface area contributed by atoms with E-state index in [-0.39, 0.29) is 0 Å². The minimum absolute atomic E-state index is 0.291. The van der Waals surface area contributed by atoms with Crippen LogP contribution in [0, 0.1) is 0 Å². The van der Waals surface area contributed by atoms with Gasteiger partial charge < -0.3 is 10.6 Å². The number of piperidine rings is 1. The third-order valence-electron chi connectivity index (χ3n) is 3.81. The summed E-state index contributed by atoms with van der Waals surface area (Å²) in [5.74, 6) is 0. The van der Waals surface area contributed by atoms with E-state index in [2.05, 4.69) is 30.0 Å². The Bertz CT molecular complexity index is 382. The van der Waals surface area contributed by atoms with Crippen LogP contribution in [0.1, 0.15) is 23.8 Å². The number of thiophene rings is 1. The van der Waals surface area contributed by atoms with E-state index < -0.39 is 0 Å². The molecule has 2 atom stereocenters. The van der Waals surface area contributed by atoms with Gasteiger partial charge in [0.25, 0.3) is 0 Å². The predicted octanol–water partition coefficient (Wildman–Crippen LogP) is 2.43. The van der Waals surface area contributed by atoms with Crippen LogP contribution >= 0.6 is 22.9 Å². The Morgan fingerprint density at radius 1 is 1.61 bits per heavy atom. The quantitative estimate of drug-likeness (QED) is 0.923. The average Bonchev–Trinajstić information content (AvgIpc) is 2.76. The summed E-state index contributed by atoms with van der Waals surface area (Å²) in [6.45, 7) is 2.99. The van der Waals surface area contributed by atoms with E-state index in [0.29, 0.717) is 18.6 Å². The Morgan fingerprint density at radius 2 is 2.39 bits per heavy atom. The average molecular weight is 288 g/mol. The molecule has 0 radical (unpaired) electrons. The number of nitrogens with zero attached hydrogens (tertiary/aromatic N) is 2. The first-order valence-electron chi connectivity index (χ1n) is 6.47. The number of halogens is 1. The van der Waals surface area contributed by atoms with Gasteiger partial charge in [0.1, 0.15) is 0 Å². The van der Waals surface area contributed by atoms with Gasteiger partial charge in [0.2, 0.25) is 0 Å². The van der Waals surface area contributed by atoms with Crippen molar-refractivity contribution >= 4 is 22.9 Å². The van der Waals surface area contributed by atoms with Gasteiger partial charge in [-0.15, -0.1) is 11.3 Å². The van der Waals surface area contributed by atoms with Gasteiger partial charge in [0, 0.05) is 24.0 Å². The van der Waals surface area contributed by atoms with Crippen molar-refractivity contribution in [1.29, 1.82) is 0 Å². The highest BCUT2D eigenvalue weighted by Crippen LogP contribution is 2.31. The van der Waals surface area contributed by atoms with E-state index >= 15 is 0 Å². The van der Waals surface area contributed by atoms with Crippen molar-refractivity contribution in [2.24, 2.45) is 5.73 Å². The molecule has 2 N–H and O–H groups in total. The highest BCUT2D eigenvalue weighted by Gasteiger charge is 2.27. The molecule has 0 amide bonds. The molecule has 0 aliphatic carbocycles. The lowest BCUT2D eigenvalue weighted by Gasteiger charge is -2.39. The highest BCUT2D eigenvalue weighted by atomic mass is 35.5. The Labute approximate surface area is 119 Å². The van der Waals surface area contributed by atoms with Crippen LogP contribution in [0.3, 0.4) is 0 Å². The second kappa shape index (κ2) is 6.35. The third-order valence-corrected chi connectivity index (χ3v) is 5.15. The maximum absolute atomic E-state index is 6.03. The van der Waals surface area contributed by atoms with Crippen molar-refractivity contribution in [1.82, 2.24) is 9.80 Å². The van der Waals surface area contributed by atoms with Crippen molar-refractivity contribution < 1.29 is 0 Å². The smallest absolute Gasteiger partial charge is 0.0931 e. The molecule has 102 valence electrons. The minimum atomic E-state index is 0.291. The Balaban J connectivity index is 2.07. The van der Waals surface area contributed by atoms with Crippen LogP contribution in [0.4, 0.5) is 0 Å². The Hall–Kier alpha value is -0.130. The first-order chi connectivity index (χ1) is 8.61. The van der Waals surface area contributed by atoms with E-state index in [4.69, 9.17) is 17.3 Å². The molecule has 1 aromatic rings. The lowest BCUT2D eigenvalue weighted by Crippen LogP contribution is -2.47. The van der Waals surface area contributed by atoms with Gasteiger partial charge in [-0.25, -0.2) is 0 Å². The molecule has 18 heavy (non-hydrogen) atoms. The fourth-order valence-corrected chi connectivity index (χ4v) is 3.94. The number of nitrogens with two attached hydrogens (primary N) is 1. The summed E-state index contributed by atoms with van der Waals surface area (Å²) in [7, 11) is 4.38. The standard InChI is InChI=1S/C13H22ClN3S/c1-16-7-3-4-10(9-16)17(2)11(8-15)12-5-6-13(14)18-12/h5-6,10-11H,3-4,7-9,15H2,1-2H3. The van der Waals surface area contributed by atoms with Gasteiger partial charge in [-0.05, 0) is 45.6 Å². The summed E-state index contributed by atoms with van der Waals surface area (Å²) in [5, 5.41) is 0. The van der Waals surface area contributed by atoms with Crippen LogP contribution in [-0.4, -0.2) is 49.6 Å². The molecule has 2 rings (SSSR count). The van der Waals surface area contributed by atoms with Crippen molar-refractivity contribution in [2.45, 2.75) is 24.9 Å². The molecule has 0 bridgehead atoms. The Morgan fingerprint density at radius 3 is 2.94 bits per heavy atom. The molecule has 0 spiro atoms. The maximum Gasteiger partial charge on any atom is 0.0931 e. The number of likely N-dealkylation sites (tertiary alicyclic amines) is 1. The molecular weight excluding hydrogens is 266 g/mol. The summed E-state index contributed by atoms with van der Waals surface area (Å²) in [6.07, 6.45) is 2.53. The van der Waals surface area contributed by atoms with E-state index in [9.17, 15) is 0 Å². The normalized spacial score (nSPS) is 23.5. The molecule has 2 heterocycles. The molecule has 1 aliphatic rings. The van der Waals surface area contributed by atoms with Crippen LogP contribution in [-0.2, 0) is 0 Å². The fourth-order valence-electron chi connectivity index (χ4n) is 2.72. The molecule has 1 aliphatic heterocycles. The van der Waals surface area contributed by atoms with Crippen molar-refractivity contribution in [2.75, 3.05) is 33.7 Å². The second-order valence-electron chi connectivity index (χ2n) is 5.12. The zero-order chi connectivity index (χ0) is 13.1. The van der Waals surface area contributed by atoms with Gasteiger partial charge in [-0.3, -0.25) is 4.90 Å². The summed E-state index contributed by atoms with van der Waals surface area (Å²) < 4.78 is 0.845. The maximum atomic E-state index is 6.03. The predicted molar refractivity (Wildman–Crippen MR) is 79.4 cm³/mol. The third kappa shape index (κ3) is 3.25. The van der Waals surface area contributed by atoms with Gasteiger partial charge in [-0.1, -0.05) is 11.6 Å². The number of rotatable bonds is 4. The monoisotopic (exact) mass is 287 g/mol. The molecular formula is C13H22ClN3S. The first-order valence-corrected chi connectivity index (χ1v) is 7.67. The summed E-state index contributed by atoms with van der Waals surface area (Å²) >= 11 is 7.67. The van der Waals surface area contributed by atoms with Gasteiger partial charge in [0.15, 0.2) is 0 Å². The number of likely N-dealkylation sites (N-methyl/N-ethyl adjacent to an activating group) is 2. The van der Waals surface area contributed by atoms with E-state index in [1.165, 1.54) is 24.3 Å². The highest BCUT2D eigenvalue weighted by molar-refractivity contribution is 7.16. The zero-order valence-electron chi connectivity index (χ0n) is 11.1.